The number of carbonyl (C=O) groups is 1. The van der Waals surface area contributed by atoms with Gasteiger partial charge >= 0.3 is 6.16 Å². The van der Waals surface area contributed by atoms with Crippen molar-refractivity contribution in [3.8, 4) is 0 Å². The van der Waals surface area contributed by atoms with Gasteiger partial charge in [-0.2, -0.15) is 0 Å². The van der Waals surface area contributed by atoms with Gasteiger partial charge in [0.05, 0.1) is 17.6 Å². The van der Waals surface area contributed by atoms with E-state index in [1.54, 1.807) is 0 Å². The third-order valence-electron chi connectivity index (χ3n) is 3.24. The number of hydrogen-bond donors (Lipinski definition) is 0. The lowest BCUT2D eigenvalue weighted by Crippen LogP contribution is -2.18. The van der Waals surface area contributed by atoms with Crippen LogP contribution in [0.3, 0.4) is 0 Å². The van der Waals surface area contributed by atoms with Crippen molar-refractivity contribution in [2.45, 2.75) is 37.0 Å². The van der Waals surface area contributed by atoms with E-state index in [0.29, 0.717) is 0 Å². The Bertz CT molecular complexity index is 440. The first kappa shape index (κ1) is 15.5. The van der Waals surface area contributed by atoms with Gasteiger partial charge in [-0.25, -0.2) is 4.79 Å². The highest BCUT2D eigenvalue weighted by atomic mass is 31.1. The van der Waals surface area contributed by atoms with E-state index in [4.69, 9.17) is 9.05 Å². The smallest absolute Gasteiger partial charge is 0.416 e. The van der Waals surface area contributed by atoms with E-state index < -0.39 is 6.16 Å². The summed E-state index contributed by atoms with van der Waals surface area (Å²) in [6.07, 6.45) is 17.6. The van der Waals surface area contributed by atoms with Gasteiger partial charge in [0.15, 0.2) is 0 Å². The van der Waals surface area contributed by atoms with Crippen LogP contribution in [0.25, 0.3) is 0 Å². The molecule has 4 unspecified atom stereocenters. The minimum absolute atomic E-state index is 0.0834. The molecule has 2 rings (SSSR count). The zero-order chi connectivity index (χ0) is 14.5. The zero-order valence-corrected chi connectivity index (χ0v) is 13.8. The first-order chi connectivity index (χ1) is 9.52. The summed E-state index contributed by atoms with van der Waals surface area (Å²) >= 11 is 0. The molecule has 0 spiro atoms. The summed E-state index contributed by atoms with van der Waals surface area (Å²) in [4.78, 5) is 11.7. The maximum atomic E-state index is 11.7. The van der Waals surface area contributed by atoms with Crippen LogP contribution in [0.15, 0.2) is 48.6 Å². The van der Waals surface area contributed by atoms with Crippen LogP contribution < -0.4 is 0 Å². The molecule has 0 aliphatic heterocycles. The van der Waals surface area contributed by atoms with E-state index in [1.807, 2.05) is 24.3 Å². The molecule has 0 saturated heterocycles. The summed E-state index contributed by atoms with van der Waals surface area (Å²) in [5.74, 6) is 0. The van der Waals surface area contributed by atoms with E-state index in [9.17, 15) is 4.79 Å². The molecule has 0 amide bonds. The zero-order valence-electron chi connectivity index (χ0n) is 11.8. The average molecular weight is 310 g/mol. The molecule has 0 N–H and O–H groups in total. The minimum Gasteiger partial charge on any atom is -0.416 e. The van der Waals surface area contributed by atoms with Crippen molar-refractivity contribution in [3.63, 3.8) is 0 Å². The number of rotatable bonds is 4. The quantitative estimate of drug-likeness (QED) is 0.694. The van der Waals surface area contributed by atoms with Crippen LogP contribution in [-0.4, -0.2) is 16.5 Å². The van der Waals surface area contributed by atoms with Crippen molar-refractivity contribution in [1.82, 2.24) is 0 Å². The van der Waals surface area contributed by atoms with Gasteiger partial charge in [0, 0.05) is 10.3 Å². The second-order valence-corrected chi connectivity index (χ2v) is 8.58. The monoisotopic (exact) mass is 310 g/mol. The maximum absolute atomic E-state index is 11.7. The standard InChI is InChI=1S/C15H20O3P2/c1-14(9-5-3-6-10-14)19-17-13(16)18-20-15(2)11-7-4-8-12-15/h3-9,11,19-20H,10,12H2,1-2H3. The summed E-state index contributed by atoms with van der Waals surface area (Å²) in [5, 5.41) is -0.178. The van der Waals surface area contributed by atoms with Gasteiger partial charge in [0.25, 0.3) is 0 Å². The van der Waals surface area contributed by atoms with Gasteiger partial charge in [-0.15, -0.1) is 0 Å². The van der Waals surface area contributed by atoms with Crippen LogP contribution in [-0.2, 0) is 9.05 Å². The average Bonchev–Trinajstić information content (AvgIpc) is 2.45. The number of hydrogen-bond acceptors (Lipinski definition) is 3. The third kappa shape index (κ3) is 4.58. The van der Waals surface area contributed by atoms with Gasteiger partial charge in [0.2, 0.25) is 0 Å². The van der Waals surface area contributed by atoms with E-state index in [2.05, 4.69) is 38.2 Å². The Morgan fingerprint density at radius 3 is 1.70 bits per heavy atom. The highest BCUT2D eigenvalue weighted by Gasteiger charge is 2.27. The van der Waals surface area contributed by atoms with Crippen molar-refractivity contribution >= 4 is 23.8 Å². The van der Waals surface area contributed by atoms with Crippen LogP contribution in [0.2, 0.25) is 0 Å². The molecule has 0 radical (unpaired) electrons. The summed E-state index contributed by atoms with van der Waals surface area (Å²) in [5.41, 5.74) is 0. The Labute approximate surface area is 123 Å². The molecule has 0 bridgehead atoms. The van der Waals surface area contributed by atoms with Gasteiger partial charge in [-0.05, 0) is 26.7 Å². The van der Waals surface area contributed by atoms with Crippen molar-refractivity contribution in [1.29, 1.82) is 0 Å². The Balaban J connectivity index is 1.73. The molecule has 0 aromatic heterocycles. The van der Waals surface area contributed by atoms with E-state index >= 15 is 0 Å². The SMILES string of the molecule is CC1(POC(=O)OPC2(C)C=CC=CC2)C=CC=CC1. The van der Waals surface area contributed by atoms with Gasteiger partial charge in [0.1, 0.15) is 0 Å². The molecule has 0 saturated carbocycles. The molecule has 2 aliphatic rings. The number of allylic oxidation sites excluding steroid dienone is 8. The molecule has 0 aromatic rings. The lowest BCUT2D eigenvalue weighted by atomic mass is 10.0. The highest BCUT2D eigenvalue weighted by Crippen LogP contribution is 2.42. The predicted octanol–water partition coefficient (Wildman–Crippen LogP) is 4.88. The Morgan fingerprint density at radius 2 is 1.35 bits per heavy atom. The van der Waals surface area contributed by atoms with Crippen molar-refractivity contribution in [2.75, 3.05) is 0 Å². The fourth-order valence-electron chi connectivity index (χ4n) is 1.94. The van der Waals surface area contributed by atoms with Gasteiger partial charge in [-0.3, -0.25) is 0 Å². The molecule has 3 nitrogen and oxygen atoms in total. The van der Waals surface area contributed by atoms with Crippen molar-refractivity contribution in [2.24, 2.45) is 0 Å². The molecule has 4 atom stereocenters. The predicted molar refractivity (Wildman–Crippen MR) is 86.8 cm³/mol. The summed E-state index contributed by atoms with van der Waals surface area (Å²) in [6, 6.07) is 0. The van der Waals surface area contributed by atoms with Crippen molar-refractivity contribution in [3.05, 3.63) is 48.6 Å². The molecule has 0 fully saturated rings. The van der Waals surface area contributed by atoms with Crippen LogP contribution >= 0.6 is 17.6 Å². The molecule has 5 heteroatoms. The topological polar surface area (TPSA) is 35.5 Å². The van der Waals surface area contributed by atoms with Crippen LogP contribution in [0, 0.1) is 0 Å². The molecular formula is C15H20O3P2. The first-order valence-corrected chi connectivity index (χ1v) is 8.44. The summed E-state index contributed by atoms with van der Waals surface area (Å²) < 4.78 is 10.5. The van der Waals surface area contributed by atoms with Crippen LogP contribution in [0.5, 0.6) is 0 Å². The highest BCUT2D eigenvalue weighted by molar-refractivity contribution is 7.36. The van der Waals surface area contributed by atoms with Crippen LogP contribution in [0.4, 0.5) is 4.79 Å². The van der Waals surface area contributed by atoms with E-state index in [-0.39, 0.29) is 27.9 Å². The Morgan fingerprint density at radius 1 is 0.900 bits per heavy atom. The second kappa shape index (κ2) is 6.70. The largest absolute Gasteiger partial charge is 0.513 e. The molecular weight excluding hydrogens is 290 g/mol. The van der Waals surface area contributed by atoms with Gasteiger partial charge < -0.3 is 9.05 Å². The third-order valence-corrected chi connectivity index (χ3v) is 5.45. The van der Waals surface area contributed by atoms with E-state index in [0.717, 1.165) is 12.8 Å². The molecule has 2 aliphatic carbocycles. The lowest BCUT2D eigenvalue weighted by Gasteiger charge is -2.26. The molecule has 0 aromatic carbocycles. The molecule has 108 valence electrons. The van der Waals surface area contributed by atoms with Gasteiger partial charge in [-0.1, -0.05) is 48.6 Å². The second-order valence-electron chi connectivity index (χ2n) is 5.48. The Kier molecular flexibility index (Phi) is 5.18. The van der Waals surface area contributed by atoms with E-state index in [1.165, 1.54) is 0 Å². The van der Waals surface area contributed by atoms with Crippen LogP contribution in [0.1, 0.15) is 26.7 Å². The van der Waals surface area contributed by atoms with Crippen molar-refractivity contribution < 1.29 is 13.8 Å². The number of carbonyl (C=O) groups excluding carboxylic acids is 1. The maximum Gasteiger partial charge on any atom is 0.513 e. The molecule has 0 heterocycles. The fourth-order valence-corrected chi connectivity index (χ4v) is 3.47. The fraction of sp³-hybridized carbons (Fsp3) is 0.400. The summed E-state index contributed by atoms with van der Waals surface area (Å²) in [6.45, 7) is 4.16. The summed E-state index contributed by atoms with van der Waals surface area (Å²) in [7, 11) is 0.167. The minimum atomic E-state index is -0.560. The lowest BCUT2D eigenvalue weighted by molar-refractivity contribution is 0.163. The first-order valence-electron chi connectivity index (χ1n) is 6.62. The molecule has 20 heavy (non-hydrogen) atoms. The normalized spacial score (nSPS) is 32.5. The Hall–Kier alpha value is -0.910.